The van der Waals surface area contributed by atoms with E-state index in [1.54, 1.807) is 13.8 Å². The molecule has 4 atom stereocenters. The zero-order valence-electron chi connectivity index (χ0n) is 18.3. The number of hydrogen-bond donors (Lipinski definition) is 2. The van der Waals surface area contributed by atoms with Crippen molar-refractivity contribution in [3.8, 4) is 0 Å². The number of β-amino-alcohol motifs (C(OH)–C–C–N with tert-alkyl or cyclic N) is 1. The van der Waals surface area contributed by atoms with Crippen LogP contribution in [0.25, 0.3) is 0 Å². The van der Waals surface area contributed by atoms with Gasteiger partial charge >= 0.3 is 0 Å². The lowest BCUT2D eigenvalue weighted by molar-refractivity contribution is -0.165. The van der Waals surface area contributed by atoms with E-state index < -0.39 is 11.2 Å². The quantitative estimate of drug-likeness (QED) is 0.787. The average molecular weight is 417 g/mol. The molecular formula is C24H36N2O4. The molecule has 6 nitrogen and oxygen atoms in total. The first-order chi connectivity index (χ1) is 14.3. The largest absolute Gasteiger partial charge is 0.389 e. The summed E-state index contributed by atoms with van der Waals surface area (Å²) in [5.41, 5.74) is -0.767. The van der Waals surface area contributed by atoms with Crippen LogP contribution in [0.2, 0.25) is 0 Å². The third-order valence-electron chi connectivity index (χ3n) is 7.15. The van der Waals surface area contributed by atoms with E-state index in [0.29, 0.717) is 39.3 Å². The zero-order valence-corrected chi connectivity index (χ0v) is 18.3. The van der Waals surface area contributed by atoms with Crippen molar-refractivity contribution in [1.29, 1.82) is 0 Å². The van der Waals surface area contributed by atoms with Crippen molar-refractivity contribution in [2.75, 3.05) is 32.8 Å². The van der Waals surface area contributed by atoms with Gasteiger partial charge in [-0.15, -0.1) is 0 Å². The van der Waals surface area contributed by atoms with Crippen molar-refractivity contribution in [1.82, 2.24) is 9.80 Å². The van der Waals surface area contributed by atoms with E-state index in [2.05, 4.69) is 4.90 Å². The molecule has 0 spiro atoms. The normalized spacial score (nSPS) is 33.2. The van der Waals surface area contributed by atoms with Crippen LogP contribution in [-0.2, 0) is 15.1 Å². The minimum absolute atomic E-state index is 0.0520. The highest BCUT2D eigenvalue weighted by atomic mass is 16.5. The molecule has 0 bridgehead atoms. The van der Waals surface area contributed by atoms with E-state index in [1.807, 2.05) is 35.2 Å². The van der Waals surface area contributed by atoms with Crippen molar-refractivity contribution in [3.05, 3.63) is 35.9 Å². The third-order valence-corrected chi connectivity index (χ3v) is 7.15. The Bertz CT molecular complexity index is 734. The molecular weight excluding hydrogens is 380 g/mol. The molecule has 1 amide bonds. The Balaban J connectivity index is 1.57. The molecule has 2 aliphatic heterocycles. The van der Waals surface area contributed by atoms with Gasteiger partial charge in [0.1, 0.15) is 6.04 Å². The summed E-state index contributed by atoms with van der Waals surface area (Å²) in [6.45, 7) is 6.16. The summed E-state index contributed by atoms with van der Waals surface area (Å²) in [5.74, 6) is 0.143. The highest BCUT2D eigenvalue weighted by Crippen LogP contribution is 2.47. The summed E-state index contributed by atoms with van der Waals surface area (Å²) in [5, 5.41) is 22.1. The molecule has 1 aromatic rings. The number of likely N-dealkylation sites (tertiary alicyclic amines) is 1. The molecule has 2 N–H and O–H groups in total. The number of amides is 1. The maximum absolute atomic E-state index is 13.7. The van der Waals surface area contributed by atoms with Gasteiger partial charge in [0.15, 0.2) is 0 Å². The second-order valence-electron chi connectivity index (χ2n) is 9.90. The maximum Gasteiger partial charge on any atom is 0.242 e. The molecule has 2 heterocycles. The van der Waals surface area contributed by atoms with Crippen molar-refractivity contribution >= 4 is 5.91 Å². The Kier molecular flexibility index (Phi) is 6.22. The van der Waals surface area contributed by atoms with Crippen LogP contribution in [0.5, 0.6) is 0 Å². The number of hydrogen-bond acceptors (Lipinski definition) is 5. The molecule has 3 fully saturated rings. The van der Waals surface area contributed by atoms with Gasteiger partial charge in [-0.25, -0.2) is 0 Å². The zero-order chi connectivity index (χ0) is 21.4. The van der Waals surface area contributed by atoms with Gasteiger partial charge in [0.2, 0.25) is 5.91 Å². The first kappa shape index (κ1) is 21.8. The molecule has 166 valence electrons. The van der Waals surface area contributed by atoms with Gasteiger partial charge in [-0.3, -0.25) is 9.69 Å². The Morgan fingerprint density at radius 3 is 2.67 bits per heavy atom. The van der Waals surface area contributed by atoms with Crippen LogP contribution in [0, 0.1) is 5.92 Å². The van der Waals surface area contributed by atoms with E-state index in [1.165, 1.54) is 0 Å². The molecule has 3 aliphatic rings. The Hall–Kier alpha value is -1.47. The number of morpholine rings is 1. The summed E-state index contributed by atoms with van der Waals surface area (Å²) in [6, 6.07) is 9.66. The molecule has 1 saturated carbocycles. The first-order valence-corrected chi connectivity index (χ1v) is 11.4. The number of piperidine rings is 1. The van der Waals surface area contributed by atoms with E-state index in [0.717, 1.165) is 31.2 Å². The van der Waals surface area contributed by atoms with Crippen LogP contribution < -0.4 is 0 Å². The van der Waals surface area contributed by atoms with E-state index in [-0.39, 0.29) is 23.9 Å². The number of rotatable bonds is 4. The number of aliphatic hydroxyl groups is 2. The number of benzene rings is 1. The van der Waals surface area contributed by atoms with Gasteiger partial charge in [0.25, 0.3) is 0 Å². The monoisotopic (exact) mass is 416 g/mol. The molecule has 0 radical (unpaired) electrons. The topological polar surface area (TPSA) is 73.2 Å². The fourth-order valence-electron chi connectivity index (χ4n) is 5.79. The first-order valence-electron chi connectivity index (χ1n) is 11.4. The van der Waals surface area contributed by atoms with Gasteiger partial charge < -0.3 is 19.8 Å². The fraction of sp³-hybridized carbons (Fsp3) is 0.708. The molecule has 1 unspecified atom stereocenters. The van der Waals surface area contributed by atoms with Crippen LogP contribution in [0.4, 0.5) is 0 Å². The van der Waals surface area contributed by atoms with Gasteiger partial charge in [0, 0.05) is 31.6 Å². The van der Waals surface area contributed by atoms with Gasteiger partial charge in [-0.05, 0) is 38.7 Å². The van der Waals surface area contributed by atoms with E-state index in [9.17, 15) is 15.0 Å². The number of ether oxygens (including phenoxy) is 1. The molecule has 1 aliphatic carbocycles. The molecule has 4 rings (SSSR count). The average Bonchev–Trinajstić information content (AvgIpc) is 2.74. The summed E-state index contributed by atoms with van der Waals surface area (Å²) in [4.78, 5) is 17.8. The van der Waals surface area contributed by atoms with Crippen LogP contribution in [-0.4, -0.2) is 76.5 Å². The molecule has 30 heavy (non-hydrogen) atoms. The van der Waals surface area contributed by atoms with Gasteiger partial charge in [-0.2, -0.15) is 0 Å². The smallest absolute Gasteiger partial charge is 0.242 e. The predicted molar refractivity (Wildman–Crippen MR) is 115 cm³/mol. The summed E-state index contributed by atoms with van der Waals surface area (Å²) in [7, 11) is 0. The highest BCUT2D eigenvalue weighted by molar-refractivity contribution is 5.82. The molecule has 2 saturated heterocycles. The minimum Gasteiger partial charge on any atom is -0.389 e. The lowest BCUT2D eigenvalue weighted by Gasteiger charge is -2.53. The van der Waals surface area contributed by atoms with Crippen LogP contribution in [0.15, 0.2) is 30.3 Å². The molecule has 0 aromatic heterocycles. The van der Waals surface area contributed by atoms with Gasteiger partial charge in [0.05, 0.1) is 24.4 Å². The van der Waals surface area contributed by atoms with Crippen LogP contribution in [0.3, 0.4) is 0 Å². The standard InChI is InChI=1S/C24H36N2O4/c1-23(2,28)17-25-14-15-30-16-21(25)22(27)26-13-12-24(29,18-8-4-3-5-9-18)19-10-6-7-11-20(19)26/h3-5,8-9,19-21,28-29H,6-7,10-17H2,1-2H3/t19-,20?,21+,24-/m1/s1. The number of nitrogens with zero attached hydrogens (tertiary/aromatic N) is 2. The minimum atomic E-state index is -0.876. The summed E-state index contributed by atoms with van der Waals surface area (Å²) >= 11 is 0. The lowest BCUT2D eigenvalue weighted by atomic mass is 9.66. The summed E-state index contributed by atoms with van der Waals surface area (Å²) < 4.78 is 5.66. The third kappa shape index (κ3) is 4.28. The van der Waals surface area contributed by atoms with Crippen LogP contribution in [0.1, 0.15) is 51.5 Å². The SMILES string of the molecule is CC(C)(O)CN1CCOC[C@H]1C(=O)N1CC[C@@](O)(c2ccccc2)[C@@H]2CCCCC21. The highest BCUT2D eigenvalue weighted by Gasteiger charge is 2.51. The van der Waals surface area contributed by atoms with Crippen molar-refractivity contribution < 1.29 is 19.7 Å². The summed E-state index contributed by atoms with van der Waals surface area (Å²) in [6.07, 6.45) is 4.61. The maximum atomic E-state index is 13.7. The second kappa shape index (κ2) is 8.58. The van der Waals surface area contributed by atoms with Gasteiger partial charge in [-0.1, -0.05) is 43.2 Å². The molecule has 1 aromatic carbocycles. The second-order valence-corrected chi connectivity index (χ2v) is 9.90. The van der Waals surface area contributed by atoms with Crippen molar-refractivity contribution in [2.24, 2.45) is 5.92 Å². The van der Waals surface area contributed by atoms with Crippen molar-refractivity contribution in [3.63, 3.8) is 0 Å². The van der Waals surface area contributed by atoms with Crippen LogP contribution >= 0.6 is 0 Å². The number of fused-ring (bicyclic) bond motifs is 1. The molecule has 6 heteroatoms. The predicted octanol–water partition coefficient (Wildman–Crippen LogP) is 2.14. The van der Waals surface area contributed by atoms with Crippen molar-refractivity contribution in [2.45, 2.75) is 69.2 Å². The Morgan fingerprint density at radius 2 is 1.93 bits per heavy atom. The number of carbonyl (C=O) groups is 1. The Morgan fingerprint density at radius 1 is 1.20 bits per heavy atom. The van der Waals surface area contributed by atoms with E-state index in [4.69, 9.17) is 4.74 Å². The van der Waals surface area contributed by atoms with E-state index >= 15 is 0 Å². The Labute approximate surface area is 179 Å². The fourth-order valence-corrected chi connectivity index (χ4v) is 5.79. The number of carbonyl (C=O) groups excluding carboxylic acids is 1. The lowest BCUT2D eigenvalue weighted by Crippen LogP contribution is -2.64.